The van der Waals surface area contributed by atoms with Crippen molar-refractivity contribution in [2.75, 3.05) is 0 Å². The lowest BCUT2D eigenvalue weighted by atomic mass is 9.76. The lowest BCUT2D eigenvalue weighted by Gasteiger charge is -2.29. The van der Waals surface area contributed by atoms with Gasteiger partial charge in [-0.25, -0.2) is 0 Å². The van der Waals surface area contributed by atoms with Crippen LogP contribution >= 0.6 is 0 Å². The fourth-order valence-electron chi connectivity index (χ4n) is 3.84. The maximum Gasteiger partial charge on any atom is 0.163 e. The lowest BCUT2D eigenvalue weighted by molar-refractivity contribution is 0.0934. The summed E-state index contributed by atoms with van der Waals surface area (Å²) < 4.78 is 0. The van der Waals surface area contributed by atoms with Crippen LogP contribution < -0.4 is 0 Å². The Hall–Kier alpha value is -1.11. The summed E-state index contributed by atoms with van der Waals surface area (Å²) in [6.45, 7) is 4.39. The quantitative estimate of drug-likeness (QED) is 0.709. The van der Waals surface area contributed by atoms with Gasteiger partial charge in [-0.1, -0.05) is 38.8 Å². The van der Waals surface area contributed by atoms with E-state index in [9.17, 15) is 4.79 Å². The minimum Gasteiger partial charge on any atom is -0.294 e. The molecule has 0 amide bonds. The van der Waals surface area contributed by atoms with E-state index in [4.69, 9.17) is 0 Å². The molecule has 1 fully saturated rings. The van der Waals surface area contributed by atoms with Crippen LogP contribution in [0.15, 0.2) is 18.2 Å². The third-order valence-corrected chi connectivity index (χ3v) is 5.10. The molecule has 0 N–H and O–H groups in total. The molecule has 3 rings (SSSR count). The smallest absolute Gasteiger partial charge is 0.163 e. The molecule has 0 bridgehead atoms. The summed E-state index contributed by atoms with van der Waals surface area (Å²) >= 11 is 0. The largest absolute Gasteiger partial charge is 0.294 e. The molecule has 1 heteroatoms. The standard InChI is InChI=1S/C18H24O/c1-12(2)13-7-8-16-9-14-5-3-4-6-15(14)11-18(19)17(16)10-13/h7-8,10,12,14-15H,3-6,9,11H2,1-2H3/t14-,15-/m1/s1. The molecular formula is C18H24O. The first-order chi connectivity index (χ1) is 9.15. The third-order valence-electron chi connectivity index (χ3n) is 5.10. The highest BCUT2D eigenvalue weighted by molar-refractivity contribution is 5.98. The second-order valence-corrected chi connectivity index (χ2v) is 6.71. The maximum absolute atomic E-state index is 12.5. The van der Waals surface area contributed by atoms with Crippen LogP contribution in [0.2, 0.25) is 0 Å². The Labute approximate surface area is 116 Å². The van der Waals surface area contributed by atoms with Crippen LogP contribution in [0.3, 0.4) is 0 Å². The predicted molar refractivity (Wildman–Crippen MR) is 78.6 cm³/mol. The topological polar surface area (TPSA) is 17.1 Å². The van der Waals surface area contributed by atoms with Gasteiger partial charge in [0, 0.05) is 12.0 Å². The lowest BCUT2D eigenvalue weighted by Crippen LogP contribution is -2.21. The van der Waals surface area contributed by atoms with E-state index in [1.165, 1.54) is 36.8 Å². The van der Waals surface area contributed by atoms with Gasteiger partial charge in [-0.15, -0.1) is 0 Å². The van der Waals surface area contributed by atoms with Crippen LogP contribution in [-0.2, 0) is 6.42 Å². The Morgan fingerprint density at radius 3 is 2.42 bits per heavy atom. The molecule has 0 heterocycles. The van der Waals surface area contributed by atoms with Crippen LogP contribution in [0, 0.1) is 11.8 Å². The van der Waals surface area contributed by atoms with E-state index in [1.807, 2.05) is 0 Å². The minimum absolute atomic E-state index is 0.395. The molecule has 102 valence electrons. The molecule has 19 heavy (non-hydrogen) atoms. The minimum atomic E-state index is 0.395. The van der Waals surface area contributed by atoms with E-state index in [1.54, 1.807) is 0 Å². The highest BCUT2D eigenvalue weighted by Crippen LogP contribution is 2.39. The van der Waals surface area contributed by atoms with Crippen molar-refractivity contribution < 1.29 is 4.79 Å². The molecule has 0 saturated heterocycles. The van der Waals surface area contributed by atoms with Gasteiger partial charge in [-0.2, -0.15) is 0 Å². The van der Waals surface area contributed by atoms with Gasteiger partial charge in [0.05, 0.1) is 0 Å². The molecule has 1 aromatic carbocycles. The average molecular weight is 256 g/mol. The van der Waals surface area contributed by atoms with E-state index in [0.717, 1.165) is 24.3 Å². The number of carbonyl (C=O) groups is 1. The zero-order chi connectivity index (χ0) is 13.4. The highest BCUT2D eigenvalue weighted by atomic mass is 16.1. The molecule has 2 atom stereocenters. The van der Waals surface area contributed by atoms with Crippen molar-refractivity contribution in [1.29, 1.82) is 0 Å². The van der Waals surface area contributed by atoms with E-state index >= 15 is 0 Å². The maximum atomic E-state index is 12.5. The molecule has 0 unspecified atom stereocenters. The monoisotopic (exact) mass is 256 g/mol. The Morgan fingerprint density at radius 2 is 1.74 bits per heavy atom. The van der Waals surface area contributed by atoms with Crippen molar-refractivity contribution in [3.8, 4) is 0 Å². The molecule has 0 spiro atoms. The summed E-state index contributed by atoms with van der Waals surface area (Å²) in [5.41, 5.74) is 3.64. The van der Waals surface area contributed by atoms with Gasteiger partial charge < -0.3 is 0 Å². The Balaban J connectivity index is 1.96. The van der Waals surface area contributed by atoms with Crippen LogP contribution in [0.25, 0.3) is 0 Å². The van der Waals surface area contributed by atoms with Crippen molar-refractivity contribution in [3.05, 3.63) is 34.9 Å². The van der Waals surface area contributed by atoms with Crippen LogP contribution in [0.4, 0.5) is 0 Å². The fraction of sp³-hybridized carbons (Fsp3) is 0.611. The van der Waals surface area contributed by atoms with Gasteiger partial charge in [-0.05, 0) is 54.2 Å². The molecule has 1 nitrogen and oxygen atoms in total. The van der Waals surface area contributed by atoms with Crippen molar-refractivity contribution >= 4 is 5.78 Å². The number of rotatable bonds is 1. The average Bonchev–Trinajstić information content (AvgIpc) is 2.54. The first-order valence-corrected chi connectivity index (χ1v) is 7.81. The van der Waals surface area contributed by atoms with Crippen molar-refractivity contribution in [1.82, 2.24) is 0 Å². The number of carbonyl (C=O) groups excluding carboxylic acids is 1. The van der Waals surface area contributed by atoms with Crippen LogP contribution in [0.1, 0.15) is 73.4 Å². The number of ketones is 1. The molecule has 0 radical (unpaired) electrons. The number of hydrogen-bond acceptors (Lipinski definition) is 1. The molecule has 0 aliphatic heterocycles. The van der Waals surface area contributed by atoms with E-state index in [0.29, 0.717) is 17.6 Å². The summed E-state index contributed by atoms with van der Waals surface area (Å²) in [7, 11) is 0. The van der Waals surface area contributed by atoms with Gasteiger partial charge in [0.15, 0.2) is 5.78 Å². The van der Waals surface area contributed by atoms with Crippen LogP contribution in [-0.4, -0.2) is 5.78 Å². The fourth-order valence-corrected chi connectivity index (χ4v) is 3.84. The first kappa shape index (κ1) is 12.9. The van der Waals surface area contributed by atoms with E-state index in [-0.39, 0.29) is 0 Å². The van der Waals surface area contributed by atoms with E-state index < -0.39 is 0 Å². The third kappa shape index (κ3) is 2.48. The number of Topliss-reactive ketones (excluding diaryl/α,β-unsaturated/α-hetero) is 1. The van der Waals surface area contributed by atoms with Crippen molar-refractivity contribution in [2.24, 2.45) is 11.8 Å². The Morgan fingerprint density at radius 1 is 1.05 bits per heavy atom. The van der Waals surface area contributed by atoms with Crippen molar-refractivity contribution in [2.45, 2.75) is 58.3 Å². The molecule has 2 aliphatic carbocycles. The summed E-state index contributed by atoms with van der Waals surface area (Å²) in [5, 5.41) is 0. The normalized spacial score (nSPS) is 26.8. The summed E-state index contributed by atoms with van der Waals surface area (Å²) in [5.74, 6) is 2.30. The summed E-state index contributed by atoms with van der Waals surface area (Å²) in [6, 6.07) is 6.61. The highest BCUT2D eigenvalue weighted by Gasteiger charge is 2.32. The summed E-state index contributed by atoms with van der Waals surface area (Å²) in [4.78, 5) is 12.5. The first-order valence-electron chi connectivity index (χ1n) is 7.81. The van der Waals surface area contributed by atoms with Gasteiger partial charge in [0.25, 0.3) is 0 Å². The van der Waals surface area contributed by atoms with Crippen molar-refractivity contribution in [3.63, 3.8) is 0 Å². The SMILES string of the molecule is CC(C)c1ccc2c(c1)C(=O)C[C@H]1CCCC[C@@H]1C2. The zero-order valence-electron chi connectivity index (χ0n) is 12.1. The van der Waals surface area contributed by atoms with Gasteiger partial charge in [0.1, 0.15) is 0 Å². The van der Waals surface area contributed by atoms with Crippen LogP contribution in [0.5, 0.6) is 0 Å². The molecule has 1 aromatic rings. The number of hydrogen-bond donors (Lipinski definition) is 0. The Kier molecular flexibility index (Phi) is 3.47. The molecule has 1 saturated carbocycles. The number of fused-ring (bicyclic) bond motifs is 2. The van der Waals surface area contributed by atoms with Gasteiger partial charge in [-0.3, -0.25) is 4.79 Å². The summed E-state index contributed by atoms with van der Waals surface area (Å²) in [6.07, 6.45) is 7.19. The predicted octanol–water partition coefficient (Wildman–Crippen LogP) is 4.75. The molecular weight excluding hydrogens is 232 g/mol. The molecule has 2 aliphatic rings. The molecule has 0 aromatic heterocycles. The Bertz CT molecular complexity index is 486. The second-order valence-electron chi connectivity index (χ2n) is 6.71. The second kappa shape index (κ2) is 5.11. The van der Waals surface area contributed by atoms with E-state index in [2.05, 4.69) is 32.0 Å². The van der Waals surface area contributed by atoms with Gasteiger partial charge in [0.2, 0.25) is 0 Å². The zero-order valence-corrected chi connectivity index (χ0v) is 12.1. The van der Waals surface area contributed by atoms with Gasteiger partial charge >= 0.3 is 0 Å². The number of benzene rings is 1.